The lowest BCUT2D eigenvalue weighted by molar-refractivity contribution is -0.188. The molecule has 0 radical (unpaired) electrons. The number of aromatic nitrogens is 3. The summed E-state index contributed by atoms with van der Waals surface area (Å²) in [5, 5.41) is 15.4. The SMILES string of the molecule is CNC1C(NC=O)CSC1CCCCCCCNCCCNc1nc(Cc2cccc(C(N)(N)C(F)(F)F)c2)nc2[nH]c3cc(C(=O)OC)ccc3c12. The highest BCUT2D eigenvalue weighted by atomic mass is 32.2. The average Bonchev–Trinajstić information content (AvgIpc) is 3.71. The van der Waals surface area contributed by atoms with Crippen molar-refractivity contribution in [2.45, 2.75) is 80.5 Å². The van der Waals surface area contributed by atoms with Gasteiger partial charge in [-0.3, -0.25) is 4.79 Å². The van der Waals surface area contributed by atoms with Crippen LogP contribution in [0.2, 0.25) is 0 Å². The molecular weight excluding hydrogens is 708 g/mol. The maximum atomic E-state index is 13.6. The Morgan fingerprint density at radius 1 is 1.04 bits per heavy atom. The molecule has 3 unspecified atom stereocenters. The lowest BCUT2D eigenvalue weighted by atomic mass is 9.97. The third-order valence-electron chi connectivity index (χ3n) is 9.76. The normalized spacial score (nSPS) is 17.8. The molecule has 12 nitrogen and oxygen atoms in total. The first-order chi connectivity index (χ1) is 25.5. The van der Waals surface area contributed by atoms with Crippen LogP contribution in [0.1, 0.15) is 72.3 Å². The topological polar surface area (TPSA) is 185 Å². The number of H-pyrrole nitrogens is 1. The summed E-state index contributed by atoms with van der Waals surface area (Å²) in [7, 11) is 3.29. The number of halogens is 3. The Morgan fingerprint density at radius 3 is 2.57 bits per heavy atom. The Hall–Kier alpha value is -3.96. The van der Waals surface area contributed by atoms with E-state index in [1.165, 1.54) is 51.0 Å². The fourth-order valence-corrected chi connectivity index (χ4v) is 8.46. The first kappa shape index (κ1) is 40.2. The first-order valence-electron chi connectivity index (χ1n) is 18.0. The third-order valence-corrected chi connectivity index (χ3v) is 11.3. The molecule has 3 heterocycles. The second-order valence-corrected chi connectivity index (χ2v) is 14.8. The van der Waals surface area contributed by atoms with Gasteiger partial charge >= 0.3 is 12.1 Å². The Balaban J connectivity index is 1.14. The summed E-state index contributed by atoms with van der Waals surface area (Å²) in [5.41, 5.74) is 9.79. The number of ether oxygens (including phenoxy) is 1. The number of carbonyl (C=O) groups excluding carboxylic acids is 2. The highest BCUT2D eigenvalue weighted by Crippen LogP contribution is 2.34. The Labute approximate surface area is 311 Å². The number of fused-ring (bicyclic) bond motifs is 3. The van der Waals surface area contributed by atoms with Crippen LogP contribution in [0.15, 0.2) is 42.5 Å². The van der Waals surface area contributed by atoms with Gasteiger partial charge in [-0.05, 0) is 62.7 Å². The largest absolute Gasteiger partial charge is 0.465 e. The van der Waals surface area contributed by atoms with E-state index in [4.69, 9.17) is 26.2 Å². The maximum Gasteiger partial charge on any atom is 0.423 e. The molecule has 2 aromatic heterocycles. The summed E-state index contributed by atoms with van der Waals surface area (Å²) >= 11 is 1.95. The van der Waals surface area contributed by atoms with Crippen LogP contribution in [0.4, 0.5) is 19.0 Å². The molecule has 0 aliphatic carbocycles. The smallest absolute Gasteiger partial charge is 0.423 e. The minimum absolute atomic E-state index is 0.131. The minimum atomic E-state index is -4.84. The number of amides is 1. The summed E-state index contributed by atoms with van der Waals surface area (Å²) < 4.78 is 45.6. The summed E-state index contributed by atoms with van der Waals surface area (Å²) in [6.07, 6.45) is 3.95. The van der Waals surface area contributed by atoms with E-state index >= 15 is 0 Å². The number of unbranched alkanes of at least 4 members (excludes halogenated alkanes) is 4. The molecule has 9 N–H and O–H groups in total. The zero-order valence-corrected chi connectivity index (χ0v) is 31.0. The number of nitrogens with zero attached hydrogens (tertiary/aromatic N) is 2. The van der Waals surface area contributed by atoms with Gasteiger partial charge in [0, 0.05) is 40.9 Å². The molecule has 0 spiro atoms. The first-order valence-corrected chi connectivity index (χ1v) is 19.1. The van der Waals surface area contributed by atoms with Gasteiger partial charge in [0.2, 0.25) is 6.41 Å². The second-order valence-electron chi connectivity index (χ2n) is 13.5. The molecule has 1 saturated heterocycles. The van der Waals surface area contributed by atoms with E-state index in [1.807, 2.05) is 24.9 Å². The number of aromatic amines is 1. The molecule has 1 amide bonds. The number of esters is 1. The zero-order valence-electron chi connectivity index (χ0n) is 30.2. The number of carbonyl (C=O) groups is 2. The van der Waals surface area contributed by atoms with E-state index in [0.29, 0.717) is 51.8 Å². The number of rotatable bonds is 20. The molecule has 0 bridgehead atoms. The number of hydrogen-bond donors (Lipinski definition) is 7. The number of likely N-dealkylation sites (N-methyl/N-ethyl adjacent to an activating group) is 1. The van der Waals surface area contributed by atoms with Crippen molar-refractivity contribution < 1.29 is 27.5 Å². The molecule has 0 saturated carbocycles. The van der Waals surface area contributed by atoms with E-state index < -0.39 is 17.8 Å². The number of thioether (sulfide) groups is 1. The van der Waals surface area contributed by atoms with Gasteiger partial charge in [-0.1, -0.05) is 56.0 Å². The Bertz CT molecular complexity index is 1840. The fourth-order valence-electron chi connectivity index (χ4n) is 6.84. The quantitative estimate of drug-likeness (QED) is 0.0288. The van der Waals surface area contributed by atoms with Crippen LogP contribution in [0, 0.1) is 0 Å². The standard InChI is InChI=1S/C37H50F3N9O3S/c1-43-32-28(46-22-50)21-53-29(32)12-6-4-3-5-7-15-44-16-9-17-45-33-31-26-14-13-24(35(51)52-2)20-27(26)47-34(31)49-30(48-33)19-23-10-8-11-25(18-23)36(41,42)37(38,39)40/h8,10-11,13-14,18,20,22,28-29,32,43-44H,3-7,9,12,15-17,19,21,41-42H2,1-2H3,(H,46,50)(H2,45,47,48,49). The van der Waals surface area contributed by atoms with Crippen molar-refractivity contribution in [3.8, 4) is 0 Å². The van der Waals surface area contributed by atoms with Crippen molar-refractivity contribution in [2.75, 3.05) is 44.9 Å². The van der Waals surface area contributed by atoms with Gasteiger partial charge < -0.3 is 42.5 Å². The maximum absolute atomic E-state index is 13.6. The van der Waals surface area contributed by atoms with Gasteiger partial charge in [-0.2, -0.15) is 24.9 Å². The van der Waals surface area contributed by atoms with E-state index in [2.05, 4.69) is 26.3 Å². The van der Waals surface area contributed by atoms with E-state index in [0.717, 1.165) is 55.3 Å². The molecule has 288 valence electrons. The molecule has 3 atom stereocenters. The number of methoxy groups -OCH3 is 1. The van der Waals surface area contributed by atoms with Gasteiger partial charge in [0.25, 0.3) is 0 Å². The molecule has 1 aliphatic rings. The number of nitrogens with two attached hydrogens (primary N) is 2. The lowest BCUT2D eigenvalue weighted by Gasteiger charge is -2.28. The molecule has 53 heavy (non-hydrogen) atoms. The van der Waals surface area contributed by atoms with Crippen molar-refractivity contribution >= 4 is 51.9 Å². The van der Waals surface area contributed by atoms with Crippen LogP contribution in [-0.4, -0.2) is 90.4 Å². The van der Waals surface area contributed by atoms with Crippen molar-refractivity contribution in [1.82, 2.24) is 30.9 Å². The van der Waals surface area contributed by atoms with Crippen LogP contribution < -0.4 is 32.7 Å². The van der Waals surface area contributed by atoms with Crippen molar-refractivity contribution in [1.29, 1.82) is 0 Å². The molecule has 1 aliphatic heterocycles. The number of hydrogen-bond acceptors (Lipinski definition) is 11. The Morgan fingerprint density at radius 2 is 1.81 bits per heavy atom. The number of benzene rings is 2. The monoisotopic (exact) mass is 757 g/mol. The molecular formula is C37H50F3N9O3S. The molecule has 5 rings (SSSR count). The second kappa shape index (κ2) is 18.4. The molecule has 2 aromatic carbocycles. The number of anilines is 1. The van der Waals surface area contributed by atoms with E-state index in [-0.39, 0.29) is 18.0 Å². The molecule has 4 aromatic rings. The van der Waals surface area contributed by atoms with Crippen LogP contribution in [0.5, 0.6) is 0 Å². The van der Waals surface area contributed by atoms with Gasteiger partial charge in [0.1, 0.15) is 17.3 Å². The molecule has 1 fully saturated rings. The third kappa shape index (κ3) is 9.97. The number of alkyl halides is 3. The van der Waals surface area contributed by atoms with E-state index in [9.17, 15) is 22.8 Å². The summed E-state index contributed by atoms with van der Waals surface area (Å²) in [6, 6.07) is 11.4. The van der Waals surface area contributed by atoms with Gasteiger partial charge in [0.05, 0.1) is 24.1 Å². The predicted octanol–water partition coefficient (Wildman–Crippen LogP) is 4.67. The highest BCUT2D eigenvalue weighted by Gasteiger charge is 2.50. The summed E-state index contributed by atoms with van der Waals surface area (Å²) in [5.74, 6) is 1.45. The summed E-state index contributed by atoms with van der Waals surface area (Å²) in [6.45, 7) is 2.37. The average molecular weight is 758 g/mol. The van der Waals surface area contributed by atoms with Crippen LogP contribution in [-0.2, 0) is 21.6 Å². The minimum Gasteiger partial charge on any atom is -0.465 e. The lowest BCUT2D eigenvalue weighted by Crippen LogP contribution is -2.57. The highest BCUT2D eigenvalue weighted by molar-refractivity contribution is 8.00. The van der Waals surface area contributed by atoms with Gasteiger partial charge in [-0.15, -0.1) is 0 Å². The summed E-state index contributed by atoms with van der Waals surface area (Å²) in [4.78, 5) is 35.8. The van der Waals surface area contributed by atoms with Crippen LogP contribution in [0.25, 0.3) is 21.9 Å². The van der Waals surface area contributed by atoms with E-state index in [1.54, 1.807) is 18.2 Å². The predicted molar refractivity (Wildman–Crippen MR) is 204 cm³/mol. The molecule has 16 heteroatoms. The van der Waals surface area contributed by atoms with Crippen LogP contribution in [0.3, 0.4) is 0 Å². The van der Waals surface area contributed by atoms with Gasteiger partial charge in [0.15, 0.2) is 5.66 Å². The van der Waals surface area contributed by atoms with Crippen molar-refractivity contribution in [2.24, 2.45) is 11.5 Å². The van der Waals surface area contributed by atoms with Crippen molar-refractivity contribution in [3.05, 3.63) is 65.0 Å². The van der Waals surface area contributed by atoms with Gasteiger partial charge in [-0.25, -0.2) is 14.8 Å². The van der Waals surface area contributed by atoms with Crippen LogP contribution >= 0.6 is 11.8 Å². The zero-order chi connectivity index (χ0) is 38.0. The Kier molecular flexibility index (Phi) is 14.0. The van der Waals surface area contributed by atoms with Crippen molar-refractivity contribution in [3.63, 3.8) is 0 Å². The fraction of sp³-hybridized carbons (Fsp3) is 0.514. The number of nitrogens with one attached hydrogen (secondary N) is 5.